The molecule has 0 radical (unpaired) electrons. The highest BCUT2D eigenvalue weighted by Crippen LogP contribution is 2.28. The molecule has 1 aromatic carbocycles. The fraction of sp³-hybridized carbons (Fsp3) is 0.500. The number of nitrogens with zero attached hydrogens (tertiary/aromatic N) is 1. The Balaban J connectivity index is 1.67. The molecule has 0 aromatic heterocycles. The van der Waals surface area contributed by atoms with Crippen molar-refractivity contribution in [1.82, 2.24) is 16.0 Å². The number of rotatable bonds is 7. The van der Waals surface area contributed by atoms with Crippen molar-refractivity contribution < 1.29 is 4.79 Å². The molecule has 5 heteroatoms. The third-order valence-corrected chi connectivity index (χ3v) is 3.29. The molecule has 2 rings (SSSR count). The first kappa shape index (κ1) is 15.4. The minimum absolute atomic E-state index is 0.0441. The lowest BCUT2D eigenvalue weighted by molar-refractivity contribution is 0.0954. The minimum Gasteiger partial charge on any atom is -0.357 e. The second-order valence-corrected chi connectivity index (χ2v) is 5.21. The number of aliphatic imine (C=N–C) groups is 1. The average molecular weight is 288 g/mol. The summed E-state index contributed by atoms with van der Waals surface area (Å²) in [6, 6.07) is 9.24. The van der Waals surface area contributed by atoms with Gasteiger partial charge in [0.05, 0.1) is 0 Å². The van der Waals surface area contributed by atoms with Gasteiger partial charge >= 0.3 is 0 Å². The first-order valence-electron chi connectivity index (χ1n) is 7.65. The highest BCUT2D eigenvalue weighted by molar-refractivity contribution is 5.94. The van der Waals surface area contributed by atoms with E-state index < -0.39 is 0 Å². The van der Waals surface area contributed by atoms with Gasteiger partial charge in [0.2, 0.25) is 0 Å². The molecule has 0 spiro atoms. The maximum absolute atomic E-state index is 11.9. The Bertz CT molecular complexity index is 468. The number of benzene rings is 1. The molecule has 5 nitrogen and oxygen atoms in total. The summed E-state index contributed by atoms with van der Waals surface area (Å²) >= 11 is 0. The molecule has 0 bridgehead atoms. The van der Waals surface area contributed by atoms with E-state index >= 15 is 0 Å². The zero-order valence-electron chi connectivity index (χ0n) is 12.6. The molecule has 0 unspecified atom stereocenters. The maximum Gasteiger partial charge on any atom is 0.251 e. The van der Waals surface area contributed by atoms with Crippen molar-refractivity contribution in [2.24, 2.45) is 10.9 Å². The van der Waals surface area contributed by atoms with Crippen LogP contribution in [-0.2, 0) is 0 Å². The summed E-state index contributed by atoms with van der Waals surface area (Å²) in [7, 11) is 0. The summed E-state index contributed by atoms with van der Waals surface area (Å²) in [6.45, 7) is 5.01. The summed E-state index contributed by atoms with van der Waals surface area (Å²) < 4.78 is 0. The molecule has 0 heterocycles. The van der Waals surface area contributed by atoms with Crippen LogP contribution in [0.5, 0.6) is 0 Å². The van der Waals surface area contributed by atoms with E-state index in [9.17, 15) is 4.79 Å². The Labute approximate surface area is 126 Å². The molecule has 0 atom stereocenters. The largest absolute Gasteiger partial charge is 0.357 e. The van der Waals surface area contributed by atoms with Crippen LogP contribution >= 0.6 is 0 Å². The molecule has 114 valence electrons. The number of amides is 1. The second kappa shape index (κ2) is 8.29. The molecular formula is C16H24N4O. The molecule has 21 heavy (non-hydrogen) atoms. The lowest BCUT2D eigenvalue weighted by Crippen LogP contribution is -2.41. The normalized spacial score (nSPS) is 14.6. The zero-order chi connectivity index (χ0) is 14.9. The number of nitrogens with one attached hydrogen (secondary N) is 3. The van der Waals surface area contributed by atoms with Gasteiger partial charge in [-0.1, -0.05) is 18.2 Å². The molecule has 1 saturated carbocycles. The number of guanidine groups is 1. The van der Waals surface area contributed by atoms with Gasteiger partial charge in [-0.25, -0.2) is 0 Å². The molecule has 1 aliphatic rings. The van der Waals surface area contributed by atoms with Gasteiger partial charge in [-0.2, -0.15) is 0 Å². The van der Waals surface area contributed by atoms with E-state index in [2.05, 4.69) is 20.9 Å². The summed E-state index contributed by atoms with van der Waals surface area (Å²) in [4.78, 5) is 16.4. The van der Waals surface area contributed by atoms with Crippen LogP contribution in [0.25, 0.3) is 0 Å². The lowest BCUT2D eigenvalue weighted by Gasteiger charge is -2.11. The maximum atomic E-state index is 11.9. The lowest BCUT2D eigenvalue weighted by atomic mass is 10.2. The fourth-order valence-corrected chi connectivity index (χ4v) is 1.91. The highest BCUT2D eigenvalue weighted by atomic mass is 16.1. The molecule has 1 aromatic rings. The summed E-state index contributed by atoms with van der Waals surface area (Å²) in [5, 5.41) is 9.34. The topological polar surface area (TPSA) is 65.5 Å². The van der Waals surface area contributed by atoms with Crippen LogP contribution in [0.3, 0.4) is 0 Å². The SMILES string of the molecule is CCNC(=NCC1CC1)NCCNC(=O)c1ccccc1. The van der Waals surface area contributed by atoms with E-state index in [0.29, 0.717) is 18.7 Å². The first-order valence-corrected chi connectivity index (χ1v) is 7.65. The Kier molecular flexibility index (Phi) is 6.06. The smallest absolute Gasteiger partial charge is 0.251 e. The van der Waals surface area contributed by atoms with Crippen LogP contribution in [0.4, 0.5) is 0 Å². The highest BCUT2D eigenvalue weighted by Gasteiger charge is 2.20. The van der Waals surface area contributed by atoms with Crippen molar-refractivity contribution in [3.63, 3.8) is 0 Å². The minimum atomic E-state index is -0.0441. The van der Waals surface area contributed by atoms with Crippen molar-refractivity contribution in [2.45, 2.75) is 19.8 Å². The van der Waals surface area contributed by atoms with Gasteiger partial charge in [-0.3, -0.25) is 9.79 Å². The predicted molar refractivity (Wildman–Crippen MR) is 85.5 cm³/mol. The van der Waals surface area contributed by atoms with Gasteiger partial charge in [0.25, 0.3) is 5.91 Å². The molecule has 1 aliphatic carbocycles. The Morgan fingerprint density at radius 1 is 1.14 bits per heavy atom. The zero-order valence-corrected chi connectivity index (χ0v) is 12.6. The molecule has 0 aliphatic heterocycles. The third-order valence-electron chi connectivity index (χ3n) is 3.29. The van der Waals surface area contributed by atoms with Gasteiger partial charge in [0.15, 0.2) is 5.96 Å². The number of carbonyl (C=O) groups excluding carboxylic acids is 1. The monoisotopic (exact) mass is 288 g/mol. The Hall–Kier alpha value is -2.04. The quantitative estimate of drug-likeness (QED) is 0.403. The molecule has 1 fully saturated rings. The average Bonchev–Trinajstić information content (AvgIpc) is 3.34. The van der Waals surface area contributed by atoms with Crippen molar-refractivity contribution in [2.75, 3.05) is 26.2 Å². The van der Waals surface area contributed by atoms with E-state index in [4.69, 9.17) is 0 Å². The van der Waals surface area contributed by atoms with Gasteiger partial charge in [-0.05, 0) is 37.8 Å². The molecule has 1 amide bonds. The van der Waals surface area contributed by atoms with Crippen molar-refractivity contribution >= 4 is 11.9 Å². The van der Waals surface area contributed by atoms with Gasteiger partial charge in [0, 0.05) is 31.7 Å². The van der Waals surface area contributed by atoms with Crippen LogP contribution in [0.15, 0.2) is 35.3 Å². The summed E-state index contributed by atoms with van der Waals surface area (Å²) in [5.74, 6) is 1.56. The van der Waals surface area contributed by atoms with Gasteiger partial charge in [0.1, 0.15) is 0 Å². The van der Waals surface area contributed by atoms with E-state index in [0.717, 1.165) is 25.0 Å². The van der Waals surface area contributed by atoms with E-state index in [-0.39, 0.29) is 5.91 Å². The molecule has 0 saturated heterocycles. The van der Waals surface area contributed by atoms with E-state index in [1.54, 1.807) is 0 Å². The summed E-state index contributed by atoms with van der Waals surface area (Å²) in [6.07, 6.45) is 2.60. The van der Waals surface area contributed by atoms with Gasteiger partial charge < -0.3 is 16.0 Å². The van der Waals surface area contributed by atoms with E-state index in [1.807, 2.05) is 37.3 Å². The van der Waals surface area contributed by atoms with Crippen LogP contribution in [-0.4, -0.2) is 38.0 Å². The Morgan fingerprint density at radius 2 is 1.86 bits per heavy atom. The van der Waals surface area contributed by atoms with Crippen molar-refractivity contribution in [3.8, 4) is 0 Å². The number of hydrogen-bond donors (Lipinski definition) is 3. The van der Waals surface area contributed by atoms with Crippen molar-refractivity contribution in [1.29, 1.82) is 0 Å². The molecular weight excluding hydrogens is 264 g/mol. The van der Waals surface area contributed by atoms with Crippen molar-refractivity contribution in [3.05, 3.63) is 35.9 Å². The third kappa shape index (κ3) is 5.85. The first-order chi connectivity index (χ1) is 10.3. The van der Waals surface area contributed by atoms with Crippen LogP contribution in [0.1, 0.15) is 30.1 Å². The van der Waals surface area contributed by atoms with Crippen LogP contribution in [0, 0.1) is 5.92 Å². The molecule has 3 N–H and O–H groups in total. The second-order valence-electron chi connectivity index (χ2n) is 5.21. The fourth-order valence-electron chi connectivity index (χ4n) is 1.91. The standard InChI is InChI=1S/C16H24N4O/c1-2-17-16(20-12-13-8-9-13)19-11-10-18-15(21)14-6-4-3-5-7-14/h3-7,13H,2,8-12H2,1H3,(H,18,21)(H2,17,19,20). The van der Waals surface area contributed by atoms with Crippen LogP contribution < -0.4 is 16.0 Å². The predicted octanol–water partition coefficient (Wildman–Crippen LogP) is 1.38. The Morgan fingerprint density at radius 3 is 2.52 bits per heavy atom. The van der Waals surface area contributed by atoms with Gasteiger partial charge in [-0.15, -0.1) is 0 Å². The number of carbonyl (C=O) groups is 1. The van der Waals surface area contributed by atoms with Crippen LogP contribution in [0.2, 0.25) is 0 Å². The number of hydrogen-bond acceptors (Lipinski definition) is 2. The summed E-state index contributed by atoms with van der Waals surface area (Å²) in [5.41, 5.74) is 0.687. The van der Waals surface area contributed by atoms with E-state index in [1.165, 1.54) is 12.8 Å².